The van der Waals surface area contributed by atoms with E-state index in [2.05, 4.69) is 15.3 Å². The van der Waals surface area contributed by atoms with Gasteiger partial charge >= 0.3 is 0 Å². The second-order valence-corrected chi connectivity index (χ2v) is 5.74. The molecule has 2 atom stereocenters. The Bertz CT molecular complexity index is 631. The number of aromatic nitrogens is 2. The van der Waals surface area contributed by atoms with Crippen LogP contribution in [0.3, 0.4) is 0 Å². The smallest absolute Gasteiger partial charge is 0.251 e. The predicted octanol–water partition coefficient (Wildman–Crippen LogP) is 2.77. The Morgan fingerprint density at radius 1 is 1.25 bits per heavy atom. The predicted molar refractivity (Wildman–Crippen MR) is 78.9 cm³/mol. The van der Waals surface area contributed by atoms with Crippen LogP contribution in [0.5, 0.6) is 0 Å². The molecule has 1 fully saturated rings. The molecular weight excluding hydrogens is 274 g/mol. The Balaban J connectivity index is 1.69. The molecule has 0 bridgehead atoms. The van der Waals surface area contributed by atoms with E-state index in [4.69, 9.17) is 11.6 Å². The van der Waals surface area contributed by atoms with E-state index in [-0.39, 0.29) is 11.3 Å². The van der Waals surface area contributed by atoms with Gasteiger partial charge in [-0.3, -0.25) is 14.8 Å². The van der Waals surface area contributed by atoms with Crippen LogP contribution in [0.1, 0.15) is 29.6 Å². The molecule has 20 heavy (non-hydrogen) atoms. The standard InChI is InChI=1S/C15H16ClN3O/c16-12-3-1-2-11(12)9-19-15(20)10-4-5-13-14(8-10)18-7-6-17-13/h4-8,11-12H,1-3,9H2,(H,19,20). The number of alkyl halides is 1. The van der Waals surface area contributed by atoms with Gasteiger partial charge in [-0.2, -0.15) is 0 Å². The Labute approximate surface area is 122 Å². The van der Waals surface area contributed by atoms with Gasteiger partial charge in [0.05, 0.1) is 11.0 Å². The molecule has 1 N–H and O–H groups in total. The largest absolute Gasteiger partial charge is 0.352 e. The van der Waals surface area contributed by atoms with Crippen LogP contribution in [-0.2, 0) is 0 Å². The van der Waals surface area contributed by atoms with Gasteiger partial charge in [0, 0.05) is 29.9 Å². The van der Waals surface area contributed by atoms with Crippen LogP contribution >= 0.6 is 11.6 Å². The van der Waals surface area contributed by atoms with Gasteiger partial charge < -0.3 is 5.32 Å². The number of rotatable bonds is 3. The molecule has 0 aliphatic heterocycles. The van der Waals surface area contributed by atoms with Crippen molar-refractivity contribution < 1.29 is 4.79 Å². The van der Waals surface area contributed by atoms with Gasteiger partial charge in [0.2, 0.25) is 0 Å². The average Bonchev–Trinajstić information content (AvgIpc) is 2.89. The zero-order valence-corrected chi connectivity index (χ0v) is 11.8. The SMILES string of the molecule is O=C(NCC1CCCC1Cl)c1ccc2nccnc2c1. The summed E-state index contributed by atoms with van der Waals surface area (Å²) >= 11 is 6.22. The van der Waals surface area contributed by atoms with E-state index in [9.17, 15) is 4.79 Å². The van der Waals surface area contributed by atoms with Crippen molar-refractivity contribution in [3.8, 4) is 0 Å². The number of halogens is 1. The lowest BCUT2D eigenvalue weighted by Crippen LogP contribution is -2.31. The third kappa shape index (κ3) is 2.75. The number of carbonyl (C=O) groups excluding carboxylic acids is 1. The molecule has 1 saturated carbocycles. The van der Waals surface area contributed by atoms with Gasteiger partial charge in [-0.15, -0.1) is 11.6 Å². The summed E-state index contributed by atoms with van der Waals surface area (Å²) in [4.78, 5) is 20.5. The molecule has 104 valence electrons. The third-order valence-electron chi connectivity index (χ3n) is 3.82. The number of benzene rings is 1. The van der Waals surface area contributed by atoms with Crippen LogP contribution in [-0.4, -0.2) is 27.8 Å². The quantitative estimate of drug-likeness (QED) is 0.884. The van der Waals surface area contributed by atoms with Gasteiger partial charge in [-0.1, -0.05) is 6.42 Å². The Hall–Kier alpha value is -1.68. The van der Waals surface area contributed by atoms with Crippen LogP contribution in [0.2, 0.25) is 0 Å². The molecule has 4 nitrogen and oxygen atoms in total. The van der Waals surface area contributed by atoms with Crippen molar-refractivity contribution >= 4 is 28.5 Å². The van der Waals surface area contributed by atoms with Gasteiger partial charge in [0.1, 0.15) is 0 Å². The van der Waals surface area contributed by atoms with Crippen LogP contribution in [0.25, 0.3) is 11.0 Å². The van der Waals surface area contributed by atoms with Crippen molar-refractivity contribution in [3.05, 3.63) is 36.2 Å². The van der Waals surface area contributed by atoms with Gasteiger partial charge in [0.25, 0.3) is 5.91 Å². The molecule has 1 aliphatic carbocycles. The molecule has 1 aromatic carbocycles. The number of amides is 1. The molecule has 2 aromatic rings. The highest BCUT2D eigenvalue weighted by atomic mass is 35.5. The number of hydrogen-bond acceptors (Lipinski definition) is 3. The molecule has 1 aromatic heterocycles. The molecule has 2 unspecified atom stereocenters. The van der Waals surface area contributed by atoms with E-state index in [1.54, 1.807) is 24.5 Å². The van der Waals surface area contributed by atoms with Crippen LogP contribution in [0, 0.1) is 5.92 Å². The summed E-state index contributed by atoms with van der Waals surface area (Å²) in [5.74, 6) is 0.314. The molecule has 0 spiro atoms. The Kier molecular flexibility index (Phi) is 3.83. The number of carbonyl (C=O) groups is 1. The first kappa shape index (κ1) is 13.3. The molecule has 0 radical (unpaired) electrons. The second-order valence-electron chi connectivity index (χ2n) is 5.18. The molecule has 1 aliphatic rings. The second kappa shape index (κ2) is 5.75. The van der Waals surface area contributed by atoms with Crippen molar-refractivity contribution in [2.45, 2.75) is 24.6 Å². The number of fused-ring (bicyclic) bond motifs is 1. The molecule has 5 heteroatoms. The van der Waals surface area contributed by atoms with Gasteiger partial charge in [-0.25, -0.2) is 0 Å². The van der Waals surface area contributed by atoms with E-state index in [0.29, 0.717) is 18.0 Å². The van der Waals surface area contributed by atoms with E-state index >= 15 is 0 Å². The van der Waals surface area contributed by atoms with Crippen molar-refractivity contribution in [1.29, 1.82) is 0 Å². The minimum absolute atomic E-state index is 0.0756. The lowest BCUT2D eigenvalue weighted by molar-refractivity contribution is 0.0948. The van der Waals surface area contributed by atoms with Crippen molar-refractivity contribution in [1.82, 2.24) is 15.3 Å². The fourth-order valence-electron chi connectivity index (χ4n) is 2.65. The lowest BCUT2D eigenvalue weighted by Gasteiger charge is -2.14. The maximum absolute atomic E-state index is 12.1. The maximum Gasteiger partial charge on any atom is 0.251 e. The third-order valence-corrected chi connectivity index (χ3v) is 4.40. The monoisotopic (exact) mass is 289 g/mol. The fraction of sp³-hybridized carbons (Fsp3) is 0.400. The molecule has 3 rings (SSSR count). The van der Waals surface area contributed by atoms with E-state index in [1.165, 1.54) is 0 Å². The fourth-order valence-corrected chi connectivity index (χ4v) is 3.02. The molecule has 1 amide bonds. The molecule has 1 heterocycles. The zero-order valence-electron chi connectivity index (χ0n) is 11.1. The zero-order chi connectivity index (χ0) is 13.9. The van der Waals surface area contributed by atoms with E-state index in [0.717, 1.165) is 30.3 Å². The van der Waals surface area contributed by atoms with E-state index in [1.807, 2.05) is 6.07 Å². The first-order valence-corrected chi connectivity index (χ1v) is 7.31. The summed E-state index contributed by atoms with van der Waals surface area (Å²) < 4.78 is 0. The van der Waals surface area contributed by atoms with Crippen LogP contribution in [0.4, 0.5) is 0 Å². The number of nitrogens with zero attached hydrogens (tertiary/aromatic N) is 2. The summed E-state index contributed by atoms with van der Waals surface area (Å²) in [6.45, 7) is 0.644. The molecule has 0 saturated heterocycles. The minimum Gasteiger partial charge on any atom is -0.352 e. The number of hydrogen-bond donors (Lipinski definition) is 1. The Morgan fingerprint density at radius 3 is 2.80 bits per heavy atom. The van der Waals surface area contributed by atoms with Crippen molar-refractivity contribution in [2.75, 3.05) is 6.54 Å². The van der Waals surface area contributed by atoms with Gasteiger partial charge in [-0.05, 0) is 37.0 Å². The summed E-state index contributed by atoms with van der Waals surface area (Å²) in [5, 5.41) is 3.16. The van der Waals surface area contributed by atoms with E-state index < -0.39 is 0 Å². The highest BCUT2D eigenvalue weighted by Gasteiger charge is 2.25. The normalized spacial score (nSPS) is 22.1. The summed E-state index contributed by atoms with van der Waals surface area (Å²) in [6, 6.07) is 5.36. The van der Waals surface area contributed by atoms with Crippen molar-refractivity contribution in [3.63, 3.8) is 0 Å². The summed E-state index contributed by atoms with van der Waals surface area (Å²) in [5.41, 5.74) is 2.14. The maximum atomic E-state index is 12.1. The minimum atomic E-state index is -0.0756. The molecular formula is C15H16ClN3O. The average molecular weight is 290 g/mol. The summed E-state index contributed by atoms with van der Waals surface area (Å²) in [7, 11) is 0. The van der Waals surface area contributed by atoms with Crippen molar-refractivity contribution in [2.24, 2.45) is 5.92 Å². The first-order chi connectivity index (χ1) is 9.74. The highest BCUT2D eigenvalue weighted by molar-refractivity contribution is 6.21. The summed E-state index contributed by atoms with van der Waals surface area (Å²) in [6.07, 6.45) is 6.56. The topological polar surface area (TPSA) is 54.9 Å². The Morgan fingerprint density at radius 2 is 2.05 bits per heavy atom. The highest BCUT2D eigenvalue weighted by Crippen LogP contribution is 2.29. The van der Waals surface area contributed by atoms with Crippen LogP contribution in [0.15, 0.2) is 30.6 Å². The first-order valence-electron chi connectivity index (χ1n) is 6.87. The number of nitrogens with one attached hydrogen (secondary N) is 1. The van der Waals surface area contributed by atoms with Crippen LogP contribution < -0.4 is 5.32 Å². The lowest BCUT2D eigenvalue weighted by atomic mass is 10.1. The van der Waals surface area contributed by atoms with Gasteiger partial charge in [0.15, 0.2) is 0 Å².